The number of nitrogens with zero attached hydrogens (tertiary/aromatic N) is 6. The van der Waals surface area contributed by atoms with Crippen molar-refractivity contribution in [2.45, 2.75) is 62.3 Å². The van der Waals surface area contributed by atoms with Gasteiger partial charge >= 0.3 is 12.1 Å². The summed E-state index contributed by atoms with van der Waals surface area (Å²) in [6.07, 6.45) is 2.92. The predicted molar refractivity (Wildman–Crippen MR) is 184 cm³/mol. The van der Waals surface area contributed by atoms with Crippen LogP contribution in [0, 0.1) is 30.6 Å². The quantitative estimate of drug-likeness (QED) is 0.150. The predicted octanol–water partition coefficient (Wildman–Crippen LogP) is 7.10. The first-order valence-electron chi connectivity index (χ1n) is 15.7. The Morgan fingerprint density at radius 3 is 1.40 bits per heavy atom. The van der Waals surface area contributed by atoms with Crippen molar-refractivity contribution in [3.63, 3.8) is 0 Å². The van der Waals surface area contributed by atoms with Crippen LogP contribution in [0.4, 0.5) is 44.2 Å². The third-order valence-corrected chi connectivity index (χ3v) is 6.64. The van der Waals surface area contributed by atoms with Crippen molar-refractivity contribution >= 4 is 46.7 Å². The van der Waals surface area contributed by atoms with E-state index in [-0.39, 0.29) is 23.9 Å². The molecule has 2 aromatic heterocycles. The zero-order valence-corrected chi connectivity index (χ0v) is 28.2. The van der Waals surface area contributed by atoms with E-state index in [9.17, 15) is 9.59 Å². The van der Waals surface area contributed by atoms with Gasteiger partial charge in [0.1, 0.15) is 35.9 Å². The van der Waals surface area contributed by atoms with Gasteiger partial charge in [0, 0.05) is 49.7 Å². The van der Waals surface area contributed by atoms with Gasteiger partial charge in [-0.2, -0.15) is 0 Å². The largest absolute Gasteiger partial charge is 0.370 e. The average molecular weight is 619 g/mol. The molecule has 12 heteroatoms. The highest BCUT2D eigenvalue weighted by atomic mass is 16.2. The number of urea groups is 2. The van der Waals surface area contributed by atoms with Crippen LogP contribution >= 0.6 is 0 Å². The number of anilines is 6. The summed E-state index contributed by atoms with van der Waals surface area (Å²) in [5.74, 6) is 3.59. The van der Waals surface area contributed by atoms with Gasteiger partial charge in [0.15, 0.2) is 0 Å². The van der Waals surface area contributed by atoms with Crippen LogP contribution in [0.15, 0.2) is 43.0 Å². The lowest BCUT2D eigenvalue weighted by atomic mass is 10.1. The summed E-state index contributed by atoms with van der Waals surface area (Å²) in [5, 5.41) is 12.7. The zero-order valence-electron chi connectivity index (χ0n) is 28.2. The molecule has 0 unspecified atom stereocenters. The molecule has 45 heavy (non-hydrogen) atoms. The van der Waals surface area contributed by atoms with Crippen molar-refractivity contribution in [3.05, 3.63) is 48.5 Å². The van der Waals surface area contributed by atoms with Gasteiger partial charge in [0.2, 0.25) is 0 Å². The number of amides is 4. The van der Waals surface area contributed by atoms with Gasteiger partial charge < -0.3 is 21.3 Å². The maximum Gasteiger partial charge on any atom is 0.327 e. The van der Waals surface area contributed by atoms with Crippen molar-refractivity contribution in [1.29, 1.82) is 0 Å². The molecule has 0 aliphatic carbocycles. The van der Waals surface area contributed by atoms with Gasteiger partial charge in [0.25, 0.3) is 0 Å². The molecule has 0 radical (unpaired) electrons. The molecule has 0 spiro atoms. The number of aromatic nitrogens is 4. The van der Waals surface area contributed by atoms with E-state index in [0.717, 1.165) is 18.7 Å². The number of carbonyl (C=O) groups is 2. The Morgan fingerprint density at radius 2 is 1.04 bits per heavy atom. The van der Waals surface area contributed by atoms with Crippen LogP contribution in [-0.4, -0.2) is 58.2 Å². The van der Waals surface area contributed by atoms with Gasteiger partial charge in [-0.05, 0) is 48.3 Å². The maximum absolute atomic E-state index is 13.7. The molecular formula is C33H50N10O2. The Kier molecular flexibility index (Phi) is 12.9. The molecule has 3 aromatic rings. The lowest BCUT2D eigenvalue weighted by Gasteiger charge is -2.26. The van der Waals surface area contributed by atoms with E-state index < -0.39 is 0 Å². The minimum Gasteiger partial charge on any atom is -0.370 e. The SMILES string of the molecule is Cc1c(NC(=O)N(CC(C)C)c2cc(NCC(C)C)ncn2)cccc1NC(=O)N(CC(C)C)c1cc(NCC(C)C)ncn1. The molecule has 4 N–H and O–H groups in total. The van der Waals surface area contributed by atoms with Crippen molar-refractivity contribution in [2.75, 3.05) is 57.2 Å². The average Bonchev–Trinajstić information content (AvgIpc) is 2.98. The van der Waals surface area contributed by atoms with Gasteiger partial charge in [-0.1, -0.05) is 61.5 Å². The molecule has 2 heterocycles. The van der Waals surface area contributed by atoms with Crippen molar-refractivity contribution in [3.8, 4) is 0 Å². The Labute approximate surface area is 267 Å². The molecule has 12 nitrogen and oxygen atoms in total. The van der Waals surface area contributed by atoms with E-state index in [0.29, 0.717) is 59.6 Å². The minimum atomic E-state index is -0.326. The van der Waals surface area contributed by atoms with E-state index in [1.807, 2.05) is 46.8 Å². The Hall–Kier alpha value is -4.48. The number of hydrogen-bond donors (Lipinski definition) is 4. The van der Waals surface area contributed by atoms with Gasteiger partial charge in [0.05, 0.1) is 0 Å². The second-order valence-electron chi connectivity index (χ2n) is 12.9. The first kappa shape index (κ1) is 35.0. The molecular weight excluding hydrogens is 568 g/mol. The normalized spacial score (nSPS) is 11.2. The van der Waals surface area contributed by atoms with Crippen LogP contribution < -0.4 is 31.1 Å². The minimum absolute atomic E-state index is 0.194. The smallest absolute Gasteiger partial charge is 0.327 e. The van der Waals surface area contributed by atoms with E-state index in [1.54, 1.807) is 28.0 Å². The van der Waals surface area contributed by atoms with Crippen molar-refractivity contribution < 1.29 is 9.59 Å². The summed E-state index contributed by atoms with van der Waals surface area (Å²) in [4.78, 5) is 48.0. The lowest BCUT2D eigenvalue weighted by Crippen LogP contribution is -2.39. The number of benzene rings is 1. The van der Waals surface area contributed by atoms with Crippen molar-refractivity contribution in [1.82, 2.24) is 19.9 Å². The van der Waals surface area contributed by atoms with Crippen LogP contribution in [0.2, 0.25) is 0 Å². The summed E-state index contributed by atoms with van der Waals surface area (Å²) >= 11 is 0. The Balaban J connectivity index is 1.82. The highest BCUT2D eigenvalue weighted by Crippen LogP contribution is 2.26. The molecule has 0 aliphatic heterocycles. The highest BCUT2D eigenvalue weighted by Gasteiger charge is 2.23. The van der Waals surface area contributed by atoms with E-state index in [1.165, 1.54) is 12.7 Å². The summed E-state index contributed by atoms with van der Waals surface area (Å²) in [6, 6.07) is 8.35. The standard InChI is InChI=1S/C33H50N10O2/c1-21(2)15-34-28-13-30(38-19-36-28)42(17-23(5)6)32(44)40-26-11-10-12-27(25(26)9)41-33(45)43(18-24(7)8)31-14-29(37-20-39-31)35-16-22(3)4/h10-14,19-24H,15-18H2,1-9H3,(H,40,44)(H,41,45)(H,34,36,38)(H,35,37,39). The molecule has 0 fully saturated rings. The monoisotopic (exact) mass is 618 g/mol. The molecule has 0 saturated heterocycles. The zero-order chi connectivity index (χ0) is 33.1. The third kappa shape index (κ3) is 10.9. The van der Waals surface area contributed by atoms with Crippen LogP contribution in [0.25, 0.3) is 0 Å². The summed E-state index contributed by atoms with van der Waals surface area (Å²) in [5.41, 5.74) is 1.88. The summed E-state index contributed by atoms with van der Waals surface area (Å²) in [7, 11) is 0. The van der Waals surface area contributed by atoms with Crippen LogP contribution in [0.3, 0.4) is 0 Å². The lowest BCUT2D eigenvalue weighted by molar-refractivity contribution is 0.255. The van der Waals surface area contributed by atoms with Gasteiger partial charge in [-0.3, -0.25) is 9.80 Å². The molecule has 1 aromatic carbocycles. The van der Waals surface area contributed by atoms with Crippen LogP contribution in [0.5, 0.6) is 0 Å². The third-order valence-electron chi connectivity index (χ3n) is 6.64. The fourth-order valence-corrected chi connectivity index (χ4v) is 4.36. The Morgan fingerprint density at radius 1 is 0.644 bits per heavy atom. The van der Waals surface area contributed by atoms with E-state index in [4.69, 9.17) is 0 Å². The van der Waals surface area contributed by atoms with E-state index >= 15 is 0 Å². The number of rotatable bonds is 14. The molecule has 4 amide bonds. The fourth-order valence-electron chi connectivity index (χ4n) is 4.36. The second-order valence-corrected chi connectivity index (χ2v) is 12.9. The van der Waals surface area contributed by atoms with Gasteiger partial charge in [-0.25, -0.2) is 29.5 Å². The maximum atomic E-state index is 13.7. The van der Waals surface area contributed by atoms with Crippen LogP contribution in [0.1, 0.15) is 61.0 Å². The summed E-state index contributed by atoms with van der Waals surface area (Å²) in [6.45, 7) is 20.9. The van der Waals surface area contributed by atoms with Crippen molar-refractivity contribution in [2.24, 2.45) is 23.7 Å². The number of hydrogen-bond acceptors (Lipinski definition) is 8. The molecule has 3 rings (SSSR count). The second kappa shape index (κ2) is 16.6. The van der Waals surface area contributed by atoms with Crippen LogP contribution in [-0.2, 0) is 0 Å². The topological polar surface area (TPSA) is 140 Å². The molecule has 244 valence electrons. The molecule has 0 atom stereocenters. The molecule has 0 saturated carbocycles. The molecule has 0 aliphatic rings. The van der Waals surface area contributed by atoms with E-state index in [2.05, 4.69) is 68.9 Å². The Bertz CT molecular complexity index is 1310. The fraction of sp³-hybridized carbons (Fsp3) is 0.515. The first-order valence-corrected chi connectivity index (χ1v) is 15.7. The number of carbonyl (C=O) groups excluding carboxylic acids is 2. The van der Waals surface area contributed by atoms with Gasteiger partial charge in [-0.15, -0.1) is 0 Å². The molecule has 0 bridgehead atoms. The number of nitrogens with one attached hydrogen (secondary N) is 4. The summed E-state index contributed by atoms with van der Waals surface area (Å²) < 4.78 is 0. The first-order chi connectivity index (χ1) is 21.3. The highest BCUT2D eigenvalue weighted by molar-refractivity contribution is 6.04.